The summed E-state index contributed by atoms with van der Waals surface area (Å²) in [5, 5.41) is 3.10. The Kier molecular flexibility index (Phi) is 4.91. The van der Waals surface area contributed by atoms with Crippen LogP contribution in [0.4, 0.5) is 0 Å². The van der Waals surface area contributed by atoms with Gasteiger partial charge in [-0.2, -0.15) is 13.5 Å². The average molecular weight is 350 g/mol. The highest BCUT2D eigenvalue weighted by atomic mass is 32.2. The van der Waals surface area contributed by atoms with E-state index >= 15 is 0 Å². The lowest BCUT2D eigenvalue weighted by Crippen LogP contribution is -2.18. The van der Waals surface area contributed by atoms with Crippen molar-refractivity contribution in [1.82, 2.24) is 5.43 Å². The van der Waals surface area contributed by atoms with Crippen molar-refractivity contribution in [2.75, 3.05) is 0 Å². The summed E-state index contributed by atoms with van der Waals surface area (Å²) in [6.07, 6.45) is 1.14. The summed E-state index contributed by atoms with van der Waals surface area (Å²) in [5.74, 6) is -0.334. The van der Waals surface area contributed by atoms with Crippen molar-refractivity contribution in [3.63, 3.8) is 0 Å². The van der Waals surface area contributed by atoms with E-state index in [-0.39, 0.29) is 11.2 Å². The van der Waals surface area contributed by atoms with Gasteiger partial charge in [0, 0.05) is 5.56 Å². The molecule has 2 N–H and O–H groups in total. The molecule has 1 amide bonds. The molecule has 2 rings (SSSR count). The van der Waals surface area contributed by atoms with Crippen LogP contribution in [0.15, 0.2) is 51.0 Å². The molecule has 2 aromatic rings. The van der Waals surface area contributed by atoms with Crippen LogP contribution in [0.1, 0.15) is 42.5 Å². The molecule has 7 nitrogen and oxygen atoms in total. The molecule has 0 aliphatic rings. The van der Waals surface area contributed by atoms with Crippen molar-refractivity contribution in [1.29, 1.82) is 0 Å². The SMILES string of the molecule is CC(C)(C)c1ccc(C(=O)NN=Cc2ccc(S(=O)(=O)O)o2)cc1. The molecule has 0 spiro atoms. The first-order chi connectivity index (χ1) is 11.1. The lowest BCUT2D eigenvalue weighted by Gasteiger charge is -2.18. The first-order valence-electron chi connectivity index (χ1n) is 7.08. The highest BCUT2D eigenvalue weighted by Gasteiger charge is 2.15. The molecule has 0 atom stereocenters. The summed E-state index contributed by atoms with van der Waals surface area (Å²) in [6.45, 7) is 6.24. The number of benzene rings is 1. The van der Waals surface area contributed by atoms with Crippen LogP contribution < -0.4 is 5.43 Å². The van der Waals surface area contributed by atoms with E-state index in [0.717, 1.165) is 17.8 Å². The van der Waals surface area contributed by atoms with Gasteiger partial charge in [-0.3, -0.25) is 9.35 Å². The summed E-state index contributed by atoms with van der Waals surface area (Å²) in [7, 11) is -4.40. The van der Waals surface area contributed by atoms with Crippen molar-refractivity contribution in [2.24, 2.45) is 5.10 Å². The minimum Gasteiger partial charge on any atom is -0.441 e. The van der Waals surface area contributed by atoms with E-state index in [1.54, 1.807) is 12.1 Å². The minimum absolute atomic E-state index is 0.00278. The zero-order chi connectivity index (χ0) is 18.0. The van der Waals surface area contributed by atoms with Crippen molar-refractivity contribution >= 4 is 22.2 Å². The Morgan fingerprint density at radius 3 is 2.29 bits per heavy atom. The number of rotatable bonds is 4. The Labute approximate surface area is 140 Å². The van der Waals surface area contributed by atoms with E-state index in [1.165, 1.54) is 6.07 Å². The van der Waals surface area contributed by atoms with E-state index in [0.29, 0.717) is 5.56 Å². The van der Waals surface area contributed by atoms with Gasteiger partial charge in [-0.05, 0) is 35.2 Å². The Morgan fingerprint density at radius 1 is 1.17 bits per heavy atom. The van der Waals surface area contributed by atoms with Gasteiger partial charge in [0.05, 0.1) is 6.21 Å². The summed E-state index contributed by atoms with van der Waals surface area (Å²) in [6, 6.07) is 9.55. The van der Waals surface area contributed by atoms with Crippen LogP contribution in [0.25, 0.3) is 0 Å². The third kappa shape index (κ3) is 4.53. The molecule has 0 aliphatic heterocycles. The van der Waals surface area contributed by atoms with Gasteiger partial charge in [0.2, 0.25) is 5.09 Å². The number of furan rings is 1. The summed E-state index contributed by atoms with van der Waals surface area (Å²) in [5.41, 5.74) is 3.86. The normalized spacial score (nSPS) is 12.5. The fourth-order valence-electron chi connectivity index (χ4n) is 1.88. The Balaban J connectivity index is 2.01. The Morgan fingerprint density at radius 2 is 1.79 bits per heavy atom. The number of amides is 1. The van der Waals surface area contributed by atoms with E-state index in [9.17, 15) is 13.2 Å². The van der Waals surface area contributed by atoms with Crippen LogP contribution in [-0.2, 0) is 15.5 Å². The first-order valence-corrected chi connectivity index (χ1v) is 8.52. The zero-order valence-electron chi connectivity index (χ0n) is 13.5. The molecule has 0 saturated carbocycles. The number of nitrogens with zero attached hydrogens (tertiary/aromatic N) is 1. The second-order valence-corrected chi connectivity index (χ2v) is 7.51. The van der Waals surface area contributed by atoms with Crippen molar-refractivity contribution in [3.05, 3.63) is 53.3 Å². The van der Waals surface area contributed by atoms with E-state index < -0.39 is 21.1 Å². The van der Waals surface area contributed by atoms with Crippen LogP contribution in [0, 0.1) is 0 Å². The molecule has 0 fully saturated rings. The predicted octanol–water partition coefficient (Wildman–Crippen LogP) is 2.59. The quantitative estimate of drug-likeness (QED) is 0.500. The van der Waals surface area contributed by atoms with Crippen LogP contribution in [0.2, 0.25) is 0 Å². The third-order valence-electron chi connectivity index (χ3n) is 3.23. The average Bonchev–Trinajstić information content (AvgIpc) is 2.95. The third-order valence-corrected chi connectivity index (χ3v) is 3.96. The molecule has 1 heterocycles. The molecule has 0 bridgehead atoms. The van der Waals surface area contributed by atoms with Gasteiger partial charge in [-0.1, -0.05) is 32.9 Å². The number of nitrogens with one attached hydrogen (secondary N) is 1. The maximum absolute atomic E-state index is 12.0. The van der Waals surface area contributed by atoms with Crippen molar-refractivity contribution < 1.29 is 22.2 Å². The molecular formula is C16H18N2O5S. The molecule has 1 aromatic carbocycles. The molecule has 0 aliphatic carbocycles. The lowest BCUT2D eigenvalue weighted by molar-refractivity contribution is 0.0955. The molecule has 24 heavy (non-hydrogen) atoms. The van der Waals surface area contributed by atoms with E-state index in [4.69, 9.17) is 8.97 Å². The number of carbonyl (C=O) groups is 1. The fourth-order valence-corrected chi connectivity index (χ4v) is 2.32. The fraction of sp³-hybridized carbons (Fsp3) is 0.250. The summed E-state index contributed by atoms with van der Waals surface area (Å²) >= 11 is 0. The van der Waals surface area contributed by atoms with Crippen molar-refractivity contribution in [3.8, 4) is 0 Å². The zero-order valence-corrected chi connectivity index (χ0v) is 14.3. The number of hydrogen-bond donors (Lipinski definition) is 2. The van der Waals surface area contributed by atoms with Gasteiger partial charge in [0.15, 0.2) is 0 Å². The number of carbonyl (C=O) groups excluding carboxylic acids is 1. The summed E-state index contributed by atoms with van der Waals surface area (Å²) < 4.78 is 35.4. The van der Waals surface area contributed by atoms with Crippen LogP contribution in [0.5, 0.6) is 0 Å². The maximum Gasteiger partial charge on any atom is 0.328 e. The van der Waals surface area contributed by atoms with E-state index in [1.807, 2.05) is 12.1 Å². The minimum atomic E-state index is -4.40. The van der Waals surface area contributed by atoms with Crippen LogP contribution >= 0.6 is 0 Å². The molecule has 0 unspecified atom stereocenters. The molecule has 1 aromatic heterocycles. The maximum atomic E-state index is 12.0. The van der Waals surface area contributed by atoms with E-state index in [2.05, 4.69) is 31.3 Å². The standard InChI is InChI=1S/C16H18N2O5S/c1-16(2,3)12-6-4-11(5-7-12)15(19)18-17-10-13-8-9-14(23-13)24(20,21)22/h4-10H,1-3H3,(H,18,19)(H,20,21,22). The Bertz CT molecular complexity index is 859. The molecule has 8 heteroatoms. The second kappa shape index (κ2) is 6.58. The molecular weight excluding hydrogens is 332 g/mol. The summed E-state index contributed by atoms with van der Waals surface area (Å²) in [4.78, 5) is 12.0. The lowest BCUT2D eigenvalue weighted by atomic mass is 9.87. The predicted molar refractivity (Wildman–Crippen MR) is 88.7 cm³/mol. The molecule has 128 valence electrons. The first kappa shape index (κ1) is 17.9. The smallest absolute Gasteiger partial charge is 0.328 e. The van der Waals surface area contributed by atoms with Gasteiger partial charge in [-0.15, -0.1) is 0 Å². The van der Waals surface area contributed by atoms with Gasteiger partial charge < -0.3 is 4.42 Å². The number of hydrazone groups is 1. The molecule has 0 radical (unpaired) electrons. The van der Waals surface area contributed by atoms with Crippen molar-refractivity contribution in [2.45, 2.75) is 31.3 Å². The van der Waals surface area contributed by atoms with Crippen LogP contribution in [0.3, 0.4) is 0 Å². The van der Waals surface area contributed by atoms with Gasteiger partial charge in [0.1, 0.15) is 5.76 Å². The van der Waals surface area contributed by atoms with Gasteiger partial charge >= 0.3 is 10.1 Å². The Hall–Kier alpha value is -2.45. The van der Waals surface area contributed by atoms with Gasteiger partial charge in [0.25, 0.3) is 5.91 Å². The topological polar surface area (TPSA) is 109 Å². The highest BCUT2D eigenvalue weighted by Crippen LogP contribution is 2.22. The number of hydrogen-bond acceptors (Lipinski definition) is 5. The van der Waals surface area contributed by atoms with Crippen LogP contribution in [-0.4, -0.2) is 25.1 Å². The monoisotopic (exact) mass is 350 g/mol. The second-order valence-electron chi connectivity index (χ2n) is 6.16. The van der Waals surface area contributed by atoms with Gasteiger partial charge in [-0.25, -0.2) is 5.43 Å². The highest BCUT2D eigenvalue weighted by molar-refractivity contribution is 7.85. The largest absolute Gasteiger partial charge is 0.441 e. The molecule has 0 saturated heterocycles.